The molecular weight excluding hydrogens is 384 g/mol. The summed E-state index contributed by atoms with van der Waals surface area (Å²) in [7, 11) is 0. The van der Waals surface area contributed by atoms with E-state index in [-0.39, 0.29) is 17.6 Å². The van der Waals surface area contributed by atoms with E-state index < -0.39 is 29.9 Å². The Morgan fingerprint density at radius 3 is 2.00 bits per heavy atom. The number of benzene rings is 2. The average Bonchev–Trinajstić information content (AvgIpc) is 2.68. The molecule has 0 aliphatic rings. The van der Waals surface area contributed by atoms with Gasteiger partial charge in [0.25, 0.3) is 5.91 Å². The summed E-state index contributed by atoms with van der Waals surface area (Å²) < 4.78 is 0. The van der Waals surface area contributed by atoms with Crippen LogP contribution in [0.25, 0.3) is 0 Å². The number of carboxylic acid groups (broad SMARTS) is 1. The van der Waals surface area contributed by atoms with Crippen molar-refractivity contribution < 1.29 is 24.6 Å². The van der Waals surface area contributed by atoms with Crippen LogP contribution in [0, 0.1) is 0 Å². The van der Waals surface area contributed by atoms with Crippen LogP contribution in [0.2, 0.25) is 0 Å². The number of carboxylic acids is 1. The molecule has 0 saturated carbocycles. The Balaban J connectivity index is 1.98. The first-order chi connectivity index (χ1) is 14.0. The van der Waals surface area contributed by atoms with Crippen LogP contribution < -0.4 is 10.6 Å². The molecule has 2 amide bonds. The number of hydrogen-bond donors (Lipinski definition) is 4. The molecule has 2 aromatic rings. The van der Waals surface area contributed by atoms with Crippen LogP contribution in [0.15, 0.2) is 48.5 Å². The van der Waals surface area contributed by atoms with Crippen molar-refractivity contribution in [1.29, 1.82) is 0 Å². The highest BCUT2D eigenvalue weighted by atomic mass is 16.4. The van der Waals surface area contributed by atoms with Crippen molar-refractivity contribution in [3.63, 3.8) is 0 Å². The number of carbonyl (C=O) groups is 3. The molecule has 30 heavy (non-hydrogen) atoms. The molecule has 0 heterocycles. The van der Waals surface area contributed by atoms with Crippen molar-refractivity contribution in [2.75, 3.05) is 0 Å². The van der Waals surface area contributed by atoms with Gasteiger partial charge in [0, 0.05) is 12.0 Å². The van der Waals surface area contributed by atoms with Gasteiger partial charge in [0.1, 0.15) is 17.8 Å². The smallest absolute Gasteiger partial charge is 0.326 e. The lowest BCUT2D eigenvalue weighted by Crippen LogP contribution is -2.51. The summed E-state index contributed by atoms with van der Waals surface area (Å²) in [5, 5.41) is 23.8. The molecule has 0 bridgehead atoms. The summed E-state index contributed by atoms with van der Waals surface area (Å²) in [6, 6.07) is 11.1. The first kappa shape index (κ1) is 22.9. The third kappa shape index (κ3) is 6.34. The summed E-state index contributed by atoms with van der Waals surface area (Å²) in [4.78, 5) is 36.4. The maximum absolute atomic E-state index is 12.4. The van der Waals surface area contributed by atoms with E-state index in [1.54, 1.807) is 24.3 Å². The number of aliphatic carboxylic acids is 1. The highest BCUT2D eigenvalue weighted by Crippen LogP contribution is 2.22. The van der Waals surface area contributed by atoms with Crippen molar-refractivity contribution in [2.45, 2.75) is 51.6 Å². The van der Waals surface area contributed by atoms with Gasteiger partial charge in [-0.3, -0.25) is 9.59 Å². The zero-order chi connectivity index (χ0) is 22.5. The Morgan fingerprint density at radius 1 is 0.933 bits per heavy atom. The summed E-state index contributed by atoms with van der Waals surface area (Å²) >= 11 is 0. The first-order valence-corrected chi connectivity index (χ1v) is 9.70. The highest BCUT2D eigenvalue weighted by molar-refractivity contribution is 5.98. The van der Waals surface area contributed by atoms with Crippen LogP contribution in [0.1, 0.15) is 49.2 Å². The molecule has 2 aromatic carbocycles. The van der Waals surface area contributed by atoms with Gasteiger partial charge in [0.05, 0.1) is 0 Å². The lowest BCUT2D eigenvalue weighted by molar-refractivity contribution is -0.142. The van der Waals surface area contributed by atoms with Crippen molar-refractivity contribution in [3.05, 3.63) is 65.2 Å². The second-order valence-electron chi connectivity index (χ2n) is 8.29. The van der Waals surface area contributed by atoms with Crippen molar-refractivity contribution in [1.82, 2.24) is 10.6 Å². The van der Waals surface area contributed by atoms with Crippen molar-refractivity contribution >= 4 is 17.8 Å². The number of aromatic hydroxyl groups is 1. The van der Waals surface area contributed by atoms with Gasteiger partial charge in [-0.25, -0.2) is 4.79 Å². The molecular formula is C23H28N2O5. The molecule has 7 heteroatoms. The molecule has 160 valence electrons. The third-order valence-electron chi connectivity index (χ3n) is 4.74. The number of carbonyl (C=O) groups excluding carboxylic acids is 2. The van der Waals surface area contributed by atoms with E-state index in [4.69, 9.17) is 0 Å². The molecule has 4 N–H and O–H groups in total. The molecule has 7 nitrogen and oxygen atoms in total. The van der Waals surface area contributed by atoms with E-state index >= 15 is 0 Å². The maximum Gasteiger partial charge on any atom is 0.326 e. The Bertz CT molecular complexity index is 899. The van der Waals surface area contributed by atoms with Crippen LogP contribution in [-0.4, -0.2) is 40.1 Å². The molecule has 0 aromatic heterocycles. The minimum atomic E-state index is -1.19. The fourth-order valence-corrected chi connectivity index (χ4v) is 2.83. The average molecular weight is 412 g/mol. The topological polar surface area (TPSA) is 116 Å². The van der Waals surface area contributed by atoms with Crippen molar-refractivity contribution in [2.24, 2.45) is 0 Å². The van der Waals surface area contributed by atoms with Crippen LogP contribution in [-0.2, 0) is 21.4 Å². The SMILES string of the molecule is C[C@@H](NC(=O)c1ccc(C(C)(C)C)cc1)C(=O)N[C@H](Cc1ccc(O)cc1)C(=O)O. The lowest BCUT2D eigenvalue weighted by Gasteiger charge is -2.20. The molecule has 0 unspecified atom stereocenters. The van der Waals surface area contributed by atoms with Crippen LogP contribution >= 0.6 is 0 Å². The number of amides is 2. The number of hydrogen-bond acceptors (Lipinski definition) is 4. The van der Waals surface area contributed by atoms with E-state index in [0.717, 1.165) is 5.56 Å². The number of phenols is 1. The van der Waals surface area contributed by atoms with Crippen LogP contribution in [0.5, 0.6) is 5.75 Å². The van der Waals surface area contributed by atoms with Gasteiger partial charge >= 0.3 is 5.97 Å². The van der Waals surface area contributed by atoms with Gasteiger partial charge in [-0.1, -0.05) is 45.0 Å². The molecule has 0 fully saturated rings. The Kier molecular flexibility index (Phi) is 7.21. The summed E-state index contributed by atoms with van der Waals surface area (Å²) in [5.74, 6) is -2.13. The van der Waals surface area contributed by atoms with Gasteiger partial charge in [0.15, 0.2) is 0 Å². The van der Waals surface area contributed by atoms with E-state index in [0.29, 0.717) is 11.1 Å². The summed E-state index contributed by atoms with van der Waals surface area (Å²) in [5.41, 5.74) is 2.12. The predicted octanol–water partition coefficient (Wildman–Crippen LogP) is 2.62. The lowest BCUT2D eigenvalue weighted by atomic mass is 9.86. The minimum Gasteiger partial charge on any atom is -0.508 e. The largest absolute Gasteiger partial charge is 0.508 e. The fourth-order valence-electron chi connectivity index (χ4n) is 2.83. The molecule has 2 atom stereocenters. The van der Waals surface area contributed by atoms with Crippen LogP contribution in [0.4, 0.5) is 0 Å². The standard InChI is InChI=1S/C23H28N2O5/c1-14(24-21(28)16-7-9-17(10-8-16)23(2,3)4)20(27)25-19(22(29)30)13-15-5-11-18(26)12-6-15/h5-12,14,19,26H,13H2,1-4H3,(H,24,28)(H,25,27)(H,29,30)/t14-,19-/m1/s1. The second kappa shape index (κ2) is 9.43. The normalized spacial score (nSPS) is 13.2. The second-order valence-corrected chi connectivity index (χ2v) is 8.29. The molecule has 0 spiro atoms. The maximum atomic E-state index is 12.4. The quantitative estimate of drug-likeness (QED) is 0.558. The zero-order valence-electron chi connectivity index (χ0n) is 17.6. The van der Waals surface area contributed by atoms with Crippen molar-refractivity contribution in [3.8, 4) is 5.75 Å². The van der Waals surface area contributed by atoms with Gasteiger partial charge in [-0.15, -0.1) is 0 Å². The van der Waals surface area contributed by atoms with Crippen LogP contribution in [0.3, 0.4) is 0 Å². The van der Waals surface area contributed by atoms with E-state index in [2.05, 4.69) is 31.4 Å². The Labute approximate surface area is 176 Å². The van der Waals surface area contributed by atoms with Gasteiger partial charge < -0.3 is 20.8 Å². The number of rotatable bonds is 7. The number of nitrogens with one attached hydrogen (secondary N) is 2. The summed E-state index contributed by atoms with van der Waals surface area (Å²) in [6.07, 6.45) is 0.0519. The van der Waals surface area contributed by atoms with E-state index in [9.17, 15) is 24.6 Å². The molecule has 2 rings (SSSR count). The third-order valence-corrected chi connectivity index (χ3v) is 4.74. The molecule has 0 aliphatic carbocycles. The fraction of sp³-hybridized carbons (Fsp3) is 0.348. The van der Waals surface area contributed by atoms with Gasteiger partial charge in [0.2, 0.25) is 5.91 Å². The van der Waals surface area contributed by atoms with E-state index in [1.807, 2.05) is 12.1 Å². The van der Waals surface area contributed by atoms with E-state index in [1.165, 1.54) is 19.1 Å². The Hall–Kier alpha value is -3.35. The van der Waals surface area contributed by atoms with Gasteiger partial charge in [-0.2, -0.15) is 0 Å². The Morgan fingerprint density at radius 2 is 1.50 bits per heavy atom. The zero-order valence-corrected chi connectivity index (χ0v) is 17.6. The molecule has 0 aliphatic heterocycles. The number of phenolic OH excluding ortho intramolecular Hbond substituents is 1. The molecule has 0 saturated heterocycles. The minimum absolute atomic E-state index is 0.0362. The molecule has 0 radical (unpaired) electrons. The summed E-state index contributed by atoms with van der Waals surface area (Å²) in [6.45, 7) is 7.72. The predicted molar refractivity (Wildman–Crippen MR) is 113 cm³/mol. The first-order valence-electron chi connectivity index (χ1n) is 9.70. The monoisotopic (exact) mass is 412 g/mol. The van der Waals surface area contributed by atoms with Gasteiger partial charge in [-0.05, 0) is 47.7 Å². The highest BCUT2D eigenvalue weighted by Gasteiger charge is 2.24.